The zero-order valence-corrected chi connectivity index (χ0v) is 10.3. The second kappa shape index (κ2) is 4.68. The molecule has 3 nitrogen and oxygen atoms in total. The molecular weight excluding hydrogens is 266 g/mol. The van der Waals surface area contributed by atoms with Crippen LogP contribution in [0.3, 0.4) is 0 Å². The van der Waals surface area contributed by atoms with Gasteiger partial charge in [0.25, 0.3) is 5.92 Å². The van der Waals surface area contributed by atoms with E-state index in [1.165, 1.54) is 6.08 Å². The van der Waals surface area contributed by atoms with Crippen LogP contribution in [0.4, 0.5) is 22.4 Å². The Morgan fingerprint density at radius 1 is 1.26 bits per heavy atom. The van der Waals surface area contributed by atoms with Crippen LogP contribution in [0.5, 0.6) is 0 Å². The molecule has 1 aliphatic carbocycles. The van der Waals surface area contributed by atoms with Crippen LogP contribution in [0.15, 0.2) is 12.7 Å². The van der Waals surface area contributed by atoms with E-state index in [9.17, 15) is 22.4 Å². The summed E-state index contributed by atoms with van der Waals surface area (Å²) in [6, 6.07) is 0. The lowest BCUT2D eigenvalue weighted by atomic mass is 9.72. The van der Waals surface area contributed by atoms with Gasteiger partial charge in [-0.25, -0.2) is 22.4 Å². The highest BCUT2D eigenvalue weighted by molar-refractivity contribution is 5.68. The zero-order chi connectivity index (χ0) is 14.3. The van der Waals surface area contributed by atoms with E-state index in [2.05, 4.69) is 6.58 Å². The predicted molar refractivity (Wildman–Crippen MR) is 59.2 cm³/mol. The standard InChI is InChI=1S/C12H15F4NO2/c1-2-3-19-10(18)17-6-8-4-11(13,14)5-9(7-17)12(8,15)16/h2,8-9H,1,3-7H2. The van der Waals surface area contributed by atoms with Crippen LogP contribution in [0.2, 0.25) is 0 Å². The molecule has 2 atom stereocenters. The van der Waals surface area contributed by atoms with Gasteiger partial charge in [0.1, 0.15) is 6.61 Å². The van der Waals surface area contributed by atoms with E-state index in [0.29, 0.717) is 0 Å². The van der Waals surface area contributed by atoms with Gasteiger partial charge in [-0.15, -0.1) is 0 Å². The first-order valence-corrected chi connectivity index (χ1v) is 6.04. The van der Waals surface area contributed by atoms with E-state index in [1.54, 1.807) is 0 Å². The Balaban J connectivity index is 2.09. The molecule has 1 aliphatic heterocycles. The zero-order valence-electron chi connectivity index (χ0n) is 10.3. The molecule has 0 aromatic carbocycles. The van der Waals surface area contributed by atoms with Crippen molar-refractivity contribution >= 4 is 6.09 Å². The van der Waals surface area contributed by atoms with E-state index in [4.69, 9.17) is 4.74 Å². The quantitative estimate of drug-likeness (QED) is 0.575. The Morgan fingerprint density at radius 2 is 1.79 bits per heavy atom. The Bertz CT molecular complexity index is 366. The summed E-state index contributed by atoms with van der Waals surface area (Å²) in [5.74, 6) is -9.23. The van der Waals surface area contributed by atoms with Gasteiger partial charge in [0.15, 0.2) is 0 Å². The first-order chi connectivity index (χ1) is 8.76. The number of rotatable bonds is 2. The molecule has 1 saturated heterocycles. The molecule has 19 heavy (non-hydrogen) atoms. The molecule has 2 unspecified atom stereocenters. The Labute approximate surface area is 108 Å². The van der Waals surface area contributed by atoms with Gasteiger partial charge < -0.3 is 9.64 Å². The number of alkyl halides is 4. The second-order valence-corrected chi connectivity index (χ2v) is 5.10. The smallest absolute Gasteiger partial charge is 0.410 e. The molecule has 0 N–H and O–H groups in total. The van der Waals surface area contributed by atoms with Crippen LogP contribution in [-0.4, -0.2) is 42.5 Å². The molecule has 2 rings (SSSR count). The van der Waals surface area contributed by atoms with Gasteiger partial charge in [0.2, 0.25) is 5.92 Å². The van der Waals surface area contributed by atoms with Gasteiger partial charge in [-0.2, -0.15) is 0 Å². The monoisotopic (exact) mass is 281 g/mol. The van der Waals surface area contributed by atoms with Gasteiger partial charge in [0.05, 0.1) is 0 Å². The fourth-order valence-corrected chi connectivity index (χ4v) is 2.76. The average Bonchev–Trinajstić information content (AvgIpc) is 2.28. The lowest BCUT2D eigenvalue weighted by Gasteiger charge is -2.48. The van der Waals surface area contributed by atoms with Crippen molar-refractivity contribution in [3.05, 3.63) is 12.7 Å². The highest BCUT2D eigenvalue weighted by atomic mass is 19.3. The van der Waals surface area contributed by atoms with E-state index in [-0.39, 0.29) is 6.61 Å². The van der Waals surface area contributed by atoms with Gasteiger partial charge in [-0.1, -0.05) is 12.7 Å². The van der Waals surface area contributed by atoms with Gasteiger partial charge in [-0.3, -0.25) is 0 Å². The Morgan fingerprint density at radius 3 is 2.26 bits per heavy atom. The van der Waals surface area contributed by atoms with Crippen molar-refractivity contribution in [2.75, 3.05) is 19.7 Å². The highest BCUT2D eigenvalue weighted by Crippen LogP contribution is 2.51. The maximum atomic E-state index is 13.8. The summed E-state index contributed by atoms with van der Waals surface area (Å²) in [6.07, 6.45) is -1.18. The molecule has 2 aliphatic rings. The molecule has 0 aromatic heterocycles. The largest absolute Gasteiger partial charge is 0.445 e. The van der Waals surface area contributed by atoms with Crippen LogP contribution >= 0.6 is 0 Å². The molecule has 0 spiro atoms. The number of hydrogen-bond donors (Lipinski definition) is 0. The molecule has 1 heterocycles. The number of carbonyl (C=O) groups is 1. The van der Waals surface area contributed by atoms with E-state index in [0.717, 1.165) is 4.90 Å². The number of ether oxygens (including phenoxy) is 1. The number of carbonyl (C=O) groups excluding carboxylic acids is 1. The summed E-state index contributed by atoms with van der Waals surface area (Å²) in [6.45, 7) is 2.54. The minimum atomic E-state index is -3.14. The topological polar surface area (TPSA) is 29.5 Å². The molecule has 2 bridgehead atoms. The van der Waals surface area contributed by atoms with Crippen LogP contribution in [0.1, 0.15) is 12.8 Å². The number of piperidine rings is 1. The van der Waals surface area contributed by atoms with Crippen molar-refractivity contribution in [2.45, 2.75) is 24.7 Å². The summed E-state index contributed by atoms with van der Waals surface area (Å²) in [5, 5.41) is 0. The third-order valence-corrected chi connectivity index (χ3v) is 3.64. The molecule has 108 valence electrons. The van der Waals surface area contributed by atoms with Crippen molar-refractivity contribution in [2.24, 2.45) is 11.8 Å². The van der Waals surface area contributed by atoms with E-state index >= 15 is 0 Å². The van der Waals surface area contributed by atoms with Crippen LogP contribution in [0.25, 0.3) is 0 Å². The summed E-state index contributed by atoms with van der Waals surface area (Å²) in [7, 11) is 0. The third-order valence-electron chi connectivity index (χ3n) is 3.64. The normalized spacial score (nSPS) is 31.7. The SMILES string of the molecule is C=CCOC(=O)N1CC2CC(F)(F)CC(C1)C2(F)F. The first-order valence-electron chi connectivity index (χ1n) is 6.04. The number of likely N-dealkylation sites (tertiary alicyclic amines) is 1. The van der Waals surface area contributed by atoms with Crippen molar-refractivity contribution in [3.8, 4) is 0 Å². The minimum Gasteiger partial charge on any atom is -0.445 e. The van der Waals surface area contributed by atoms with Crippen LogP contribution in [-0.2, 0) is 4.74 Å². The third kappa shape index (κ3) is 2.69. The molecule has 0 radical (unpaired) electrons. The summed E-state index contributed by atoms with van der Waals surface area (Å²) < 4.78 is 59.0. The average molecular weight is 281 g/mol. The number of hydrogen-bond acceptors (Lipinski definition) is 2. The van der Waals surface area contributed by atoms with Crippen molar-refractivity contribution < 1.29 is 27.1 Å². The lowest BCUT2D eigenvalue weighted by Crippen LogP contribution is -2.60. The molecule has 1 saturated carbocycles. The second-order valence-electron chi connectivity index (χ2n) is 5.10. The van der Waals surface area contributed by atoms with E-state index in [1.807, 2.05) is 0 Å². The summed E-state index contributed by atoms with van der Waals surface area (Å²) in [5.41, 5.74) is 0. The van der Waals surface area contributed by atoms with Gasteiger partial charge >= 0.3 is 6.09 Å². The van der Waals surface area contributed by atoms with Gasteiger partial charge in [0, 0.05) is 37.8 Å². The maximum absolute atomic E-state index is 13.8. The van der Waals surface area contributed by atoms with Crippen molar-refractivity contribution in [3.63, 3.8) is 0 Å². The Hall–Kier alpha value is -1.27. The van der Waals surface area contributed by atoms with Crippen LogP contribution < -0.4 is 0 Å². The maximum Gasteiger partial charge on any atom is 0.410 e. The highest BCUT2D eigenvalue weighted by Gasteiger charge is 2.61. The molecular formula is C12H15F4NO2. The first kappa shape index (κ1) is 14.1. The van der Waals surface area contributed by atoms with Crippen molar-refractivity contribution in [1.29, 1.82) is 0 Å². The molecule has 2 fully saturated rings. The lowest BCUT2D eigenvalue weighted by molar-refractivity contribution is -0.223. The van der Waals surface area contributed by atoms with E-state index < -0.39 is 55.7 Å². The molecule has 0 aromatic rings. The number of fused-ring (bicyclic) bond motifs is 2. The predicted octanol–water partition coefficient (Wildman–Crippen LogP) is 2.92. The molecule has 1 amide bonds. The van der Waals surface area contributed by atoms with Gasteiger partial charge in [-0.05, 0) is 0 Å². The molecule has 7 heteroatoms. The number of amides is 1. The van der Waals surface area contributed by atoms with Crippen molar-refractivity contribution in [1.82, 2.24) is 4.90 Å². The number of halogens is 4. The summed E-state index contributed by atoms with van der Waals surface area (Å²) in [4.78, 5) is 12.7. The fraction of sp³-hybridized carbons (Fsp3) is 0.750. The fourth-order valence-electron chi connectivity index (χ4n) is 2.76. The van der Waals surface area contributed by atoms with Crippen LogP contribution in [0, 0.1) is 11.8 Å². The summed E-state index contributed by atoms with van der Waals surface area (Å²) >= 11 is 0. The number of nitrogens with zero attached hydrogens (tertiary/aromatic N) is 1. The minimum absolute atomic E-state index is 0.0305. The Kier molecular flexibility index (Phi) is 3.49.